The van der Waals surface area contributed by atoms with Crippen LogP contribution in [0.3, 0.4) is 0 Å². The van der Waals surface area contributed by atoms with E-state index in [9.17, 15) is 14.7 Å². The fraction of sp³-hybridized carbons (Fsp3) is 0.857. The molecule has 0 aromatic heterocycles. The van der Waals surface area contributed by atoms with Gasteiger partial charge in [-0.1, -0.05) is 13.3 Å². The van der Waals surface area contributed by atoms with E-state index in [4.69, 9.17) is 9.47 Å². The van der Waals surface area contributed by atoms with Gasteiger partial charge in [0.2, 0.25) is 0 Å². The van der Waals surface area contributed by atoms with Crippen molar-refractivity contribution in [1.82, 2.24) is 4.90 Å². The first kappa shape index (κ1) is 16.8. The zero-order valence-electron chi connectivity index (χ0n) is 13.1. The molecule has 1 fully saturated rings. The number of rotatable bonds is 3. The molecule has 0 aliphatic carbocycles. The van der Waals surface area contributed by atoms with Crippen LogP contribution in [0.25, 0.3) is 0 Å². The van der Waals surface area contributed by atoms with Gasteiger partial charge in [-0.25, -0.2) is 9.59 Å². The maximum atomic E-state index is 12.4. The zero-order valence-corrected chi connectivity index (χ0v) is 13.1. The molecule has 0 aromatic carbocycles. The normalized spacial score (nSPS) is 25.6. The Morgan fingerprint density at radius 2 is 1.90 bits per heavy atom. The molecule has 0 spiro atoms. The van der Waals surface area contributed by atoms with Crippen LogP contribution in [0.4, 0.5) is 4.79 Å². The second-order valence-electron chi connectivity index (χ2n) is 6.64. The van der Waals surface area contributed by atoms with Crippen LogP contribution in [-0.2, 0) is 14.3 Å². The molecule has 1 rings (SSSR count). The van der Waals surface area contributed by atoms with E-state index in [1.54, 1.807) is 34.6 Å². The first-order chi connectivity index (χ1) is 8.96. The van der Waals surface area contributed by atoms with Crippen molar-refractivity contribution in [1.29, 1.82) is 0 Å². The summed E-state index contributed by atoms with van der Waals surface area (Å²) in [4.78, 5) is 25.4. The van der Waals surface area contributed by atoms with E-state index in [1.807, 2.05) is 6.92 Å². The lowest BCUT2D eigenvalue weighted by Crippen LogP contribution is -2.60. The van der Waals surface area contributed by atoms with Crippen LogP contribution in [0.2, 0.25) is 0 Å². The van der Waals surface area contributed by atoms with Crippen LogP contribution in [0, 0.1) is 0 Å². The average molecular weight is 287 g/mol. The maximum absolute atomic E-state index is 12.4. The predicted octanol–water partition coefficient (Wildman–Crippen LogP) is 2.61. The number of hydrogen-bond donors (Lipinski definition) is 1. The number of carbonyl (C=O) groups is 2. The lowest BCUT2D eigenvalue weighted by molar-refractivity contribution is -0.151. The molecule has 1 aliphatic heterocycles. The topological polar surface area (TPSA) is 76.1 Å². The molecule has 1 saturated heterocycles. The molecule has 6 heteroatoms. The molecule has 20 heavy (non-hydrogen) atoms. The summed E-state index contributed by atoms with van der Waals surface area (Å²) in [5.41, 5.74) is -3.05. The van der Waals surface area contributed by atoms with Crippen molar-refractivity contribution in [3.05, 3.63) is 0 Å². The molecular weight excluding hydrogens is 262 g/mol. The van der Waals surface area contributed by atoms with Gasteiger partial charge in [0.25, 0.3) is 0 Å². The van der Waals surface area contributed by atoms with Gasteiger partial charge in [-0.05, 0) is 41.0 Å². The Hall–Kier alpha value is -1.30. The average Bonchev–Trinajstić information content (AvgIpc) is 2.49. The number of amides is 1. The largest absolute Gasteiger partial charge is 0.479 e. The molecule has 0 saturated carbocycles. The Kier molecular flexibility index (Phi) is 4.39. The number of carbonyl (C=O) groups excluding carboxylic acids is 1. The summed E-state index contributed by atoms with van der Waals surface area (Å²) in [6.45, 7) is 10.4. The first-order valence-corrected chi connectivity index (χ1v) is 6.87. The first-order valence-electron chi connectivity index (χ1n) is 6.87. The van der Waals surface area contributed by atoms with Crippen LogP contribution in [0.1, 0.15) is 54.4 Å². The summed E-state index contributed by atoms with van der Waals surface area (Å²) >= 11 is 0. The van der Waals surface area contributed by atoms with Crippen LogP contribution < -0.4 is 0 Å². The molecule has 1 heterocycles. The quantitative estimate of drug-likeness (QED) is 0.863. The van der Waals surface area contributed by atoms with Crippen molar-refractivity contribution in [3.63, 3.8) is 0 Å². The van der Waals surface area contributed by atoms with Crippen LogP contribution in [-0.4, -0.2) is 45.5 Å². The SMILES string of the molecule is CCC[C@@]1(C(=O)O)COC(C)(C)N1C(=O)OC(C)(C)C. The van der Waals surface area contributed by atoms with E-state index in [0.717, 1.165) is 0 Å². The van der Waals surface area contributed by atoms with Gasteiger partial charge in [-0.3, -0.25) is 4.90 Å². The Morgan fingerprint density at radius 1 is 1.35 bits per heavy atom. The Labute approximate surface area is 120 Å². The second-order valence-corrected chi connectivity index (χ2v) is 6.64. The van der Waals surface area contributed by atoms with Gasteiger partial charge in [0, 0.05) is 0 Å². The standard InChI is InChI=1S/C14H25NO5/c1-7-8-14(10(16)17)9-19-13(5,6)15(14)11(18)20-12(2,3)4/h7-9H2,1-6H3,(H,16,17)/t14-/m0/s1. The second kappa shape index (κ2) is 5.24. The minimum Gasteiger partial charge on any atom is -0.479 e. The minimum atomic E-state index is -1.36. The molecule has 116 valence electrons. The zero-order chi connectivity index (χ0) is 15.8. The Morgan fingerprint density at radius 3 is 2.30 bits per heavy atom. The number of carboxylic acid groups (broad SMARTS) is 1. The molecule has 1 aliphatic rings. The number of hydrogen-bond acceptors (Lipinski definition) is 4. The van der Waals surface area contributed by atoms with Gasteiger partial charge in [0.1, 0.15) is 11.3 Å². The van der Waals surface area contributed by atoms with Gasteiger partial charge < -0.3 is 14.6 Å². The molecule has 0 bridgehead atoms. The van der Waals surface area contributed by atoms with Crippen molar-refractivity contribution >= 4 is 12.1 Å². The molecule has 1 atom stereocenters. The smallest absolute Gasteiger partial charge is 0.413 e. The van der Waals surface area contributed by atoms with Crippen LogP contribution in [0.5, 0.6) is 0 Å². The van der Waals surface area contributed by atoms with E-state index in [-0.39, 0.29) is 6.61 Å². The summed E-state index contributed by atoms with van der Waals surface area (Å²) < 4.78 is 10.9. The van der Waals surface area contributed by atoms with E-state index in [2.05, 4.69) is 0 Å². The Bertz CT molecular complexity index is 399. The maximum Gasteiger partial charge on any atom is 0.413 e. The number of nitrogens with zero attached hydrogens (tertiary/aromatic N) is 1. The molecule has 0 radical (unpaired) electrons. The van der Waals surface area contributed by atoms with Crippen molar-refractivity contribution < 1.29 is 24.2 Å². The summed E-state index contributed by atoms with van der Waals surface area (Å²) in [6, 6.07) is 0. The highest BCUT2D eigenvalue weighted by atomic mass is 16.6. The summed E-state index contributed by atoms with van der Waals surface area (Å²) in [5, 5.41) is 9.62. The Balaban J connectivity index is 3.19. The van der Waals surface area contributed by atoms with Crippen LogP contribution >= 0.6 is 0 Å². The molecule has 1 amide bonds. The van der Waals surface area contributed by atoms with Crippen molar-refractivity contribution in [3.8, 4) is 0 Å². The fourth-order valence-corrected chi connectivity index (χ4v) is 2.50. The molecule has 0 aromatic rings. The van der Waals surface area contributed by atoms with Crippen molar-refractivity contribution in [2.45, 2.75) is 71.2 Å². The van der Waals surface area contributed by atoms with Crippen molar-refractivity contribution in [2.24, 2.45) is 0 Å². The molecular formula is C14H25NO5. The predicted molar refractivity (Wildman–Crippen MR) is 73.4 cm³/mol. The third kappa shape index (κ3) is 3.06. The number of aliphatic carboxylic acids is 1. The van der Waals surface area contributed by atoms with Crippen molar-refractivity contribution in [2.75, 3.05) is 6.61 Å². The third-order valence-electron chi connectivity index (χ3n) is 3.27. The summed E-state index contributed by atoms with van der Waals surface area (Å²) in [6.07, 6.45) is 0.298. The number of carboxylic acids is 1. The van der Waals surface area contributed by atoms with Gasteiger partial charge in [-0.15, -0.1) is 0 Å². The lowest BCUT2D eigenvalue weighted by atomic mass is 9.92. The molecule has 0 unspecified atom stereocenters. The van der Waals surface area contributed by atoms with E-state index in [1.165, 1.54) is 4.90 Å². The summed E-state index contributed by atoms with van der Waals surface area (Å²) in [5.74, 6) is -1.06. The minimum absolute atomic E-state index is 0.0254. The molecule has 6 nitrogen and oxygen atoms in total. The lowest BCUT2D eigenvalue weighted by Gasteiger charge is -2.39. The highest BCUT2D eigenvalue weighted by Gasteiger charge is 2.59. The highest BCUT2D eigenvalue weighted by Crippen LogP contribution is 2.39. The van der Waals surface area contributed by atoms with E-state index in [0.29, 0.717) is 12.8 Å². The number of ether oxygens (including phenoxy) is 2. The summed E-state index contributed by atoms with van der Waals surface area (Å²) in [7, 11) is 0. The van der Waals surface area contributed by atoms with Gasteiger partial charge in [0.05, 0.1) is 6.61 Å². The third-order valence-corrected chi connectivity index (χ3v) is 3.27. The van der Waals surface area contributed by atoms with E-state index >= 15 is 0 Å². The molecule has 1 N–H and O–H groups in total. The monoisotopic (exact) mass is 287 g/mol. The van der Waals surface area contributed by atoms with Gasteiger partial charge in [0.15, 0.2) is 5.54 Å². The van der Waals surface area contributed by atoms with E-state index < -0.39 is 28.9 Å². The fourth-order valence-electron chi connectivity index (χ4n) is 2.50. The van der Waals surface area contributed by atoms with Gasteiger partial charge in [-0.2, -0.15) is 0 Å². The van der Waals surface area contributed by atoms with Gasteiger partial charge >= 0.3 is 12.1 Å². The highest BCUT2D eigenvalue weighted by molar-refractivity contribution is 5.85. The van der Waals surface area contributed by atoms with Crippen LogP contribution in [0.15, 0.2) is 0 Å².